The van der Waals surface area contributed by atoms with Crippen molar-refractivity contribution in [3.8, 4) is 11.4 Å². The average molecular weight is 618 g/mol. The SMILES string of the molecule is C[C@H](C[C@H](F)Cn1ccc2cc(-c3ncc(CC(O)C(F)(F)F)cn3)c(F)cc2c1=O)Nc1cn[nH]c(=O)c1C(F)(F)F. The molecule has 0 saturated carbocycles. The lowest BCUT2D eigenvalue weighted by Crippen LogP contribution is -2.30. The quantitative estimate of drug-likeness (QED) is 0.238. The molecule has 4 rings (SSSR count). The molecule has 0 aliphatic heterocycles. The van der Waals surface area contributed by atoms with Gasteiger partial charge in [-0.15, -0.1) is 0 Å². The summed E-state index contributed by atoms with van der Waals surface area (Å²) in [5.41, 5.74) is -4.59. The van der Waals surface area contributed by atoms with Gasteiger partial charge in [-0.3, -0.25) is 9.59 Å². The number of hydrogen-bond acceptors (Lipinski definition) is 7. The summed E-state index contributed by atoms with van der Waals surface area (Å²) in [5, 5.41) is 16.7. The van der Waals surface area contributed by atoms with Crippen molar-refractivity contribution in [2.45, 2.75) is 57.0 Å². The van der Waals surface area contributed by atoms with Crippen LogP contribution >= 0.6 is 0 Å². The first kappa shape index (κ1) is 31.5. The van der Waals surface area contributed by atoms with E-state index in [1.54, 1.807) is 5.10 Å². The van der Waals surface area contributed by atoms with Crippen LogP contribution in [0, 0.1) is 5.82 Å². The summed E-state index contributed by atoms with van der Waals surface area (Å²) in [7, 11) is 0. The van der Waals surface area contributed by atoms with Gasteiger partial charge in [-0.2, -0.15) is 31.4 Å². The number of benzene rings is 1. The zero-order valence-electron chi connectivity index (χ0n) is 22.0. The van der Waals surface area contributed by atoms with E-state index in [1.165, 1.54) is 25.3 Å². The van der Waals surface area contributed by atoms with E-state index in [-0.39, 0.29) is 34.1 Å². The van der Waals surface area contributed by atoms with Crippen LogP contribution in [0.15, 0.2) is 52.6 Å². The van der Waals surface area contributed by atoms with E-state index < -0.39 is 71.8 Å². The normalized spacial score (nSPS) is 14.5. The molecule has 3 heterocycles. The number of aliphatic hydroxyl groups excluding tert-OH is 1. The molecule has 43 heavy (non-hydrogen) atoms. The number of anilines is 1. The molecule has 17 heteroatoms. The number of alkyl halides is 7. The third-order valence-corrected chi connectivity index (χ3v) is 6.36. The topological polar surface area (TPSA) is 126 Å². The number of nitrogens with zero attached hydrogens (tertiary/aromatic N) is 4. The minimum absolute atomic E-state index is 0.0437. The maximum absolute atomic E-state index is 15.0. The molecule has 3 aromatic heterocycles. The van der Waals surface area contributed by atoms with E-state index in [4.69, 9.17) is 0 Å². The van der Waals surface area contributed by atoms with Crippen molar-refractivity contribution in [1.82, 2.24) is 24.7 Å². The van der Waals surface area contributed by atoms with Gasteiger partial charge in [0.05, 0.1) is 29.4 Å². The highest BCUT2D eigenvalue weighted by Gasteiger charge is 2.38. The number of aromatic nitrogens is 5. The first-order valence-corrected chi connectivity index (χ1v) is 12.5. The van der Waals surface area contributed by atoms with Gasteiger partial charge in [-0.05, 0) is 36.1 Å². The molecule has 0 spiro atoms. The van der Waals surface area contributed by atoms with Gasteiger partial charge >= 0.3 is 12.4 Å². The van der Waals surface area contributed by atoms with Crippen LogP contribution < -0.4 is 16.4 Å². The zero-order chi connectivity index (χ0) is 31.7. The third-order valence-electron chi connectivity index (χ3n) is 6.36. The molecule has 9 nitrogen and oxygen atoms in total. The first-order chi connectivity index (χ1) is 20.0. The van der Waals surface area contributed by atoms with Gasteiger partial charge in [0.25, 0.3) is 11.1 Å². The van der Waals surface area contributed by atoms with Gasteiger partial charge < -0.3 is 15.0 Å². The zero-order valence-corrected chi connectivity index (χ0v) is 22.0. The number of aromatic amines is 1. The maximum Gasteiger partial charge on any atom is 0.423 e. The molecule has 3 N–H and O–H groups in total. The van der Waals surface area contributed by atoms with Gasteiger partial charge in [0.1, 0.15) is 17.6 Å². The summed E-state index contributed by atoms with van der Waals surface area (Å²) >= 11 is 0. The number of nitrogens with one attached hydrogen (secondary N) is 2. The Morgan fingerprint density at radius 2 is 1.74 bits per heavy atom. The van der Waals surface area contributed by atoms with Crippen molar-refractivity contribution in [1.29, 1.82) is 0 Å². The van der Waals surface area contributed by atoms with Crippen LogP contribution in [0.25, 0.3) is 22.2 Å². The summed E-state index contributed by atoms with van der Waals surface area (Å²) < 4.78 is 108. The smallest absolute Gasteiger partial charge is 0.383 e. The lowest BCUT2D eigenvalue weighted by Gasteiger charge is -2.20. The Kier molecular flexibility index (Phi) is 8.84. The monoisotopic (exact) mass is 618 g/mol. The molecule has 3 atom stereocenters. The molecule has 230 valence electrons. The lowest BCUT2D eigenvalue weighted by molar-refractivity contribution is -0.203. The number of halogens is 8. The van der Waals surface area contributed by atoms with Crippen LogP contribution in [-0.2, 0) is 19.1 Å². The van der Waals surface area contributed by atoms with Crippen LogP contribution in [0.2, 0.25) is 0 Å². The molecule has 0 aliphatic carbocycles. The van der Waals surface area contributed by atoms with E-state index >= 15 is 0 Å². The minimum atomic E-state index is -4.99. The Hall–Kier alpha value is -4.41. The molecule has 0 radical (unpaired) electrons. The molecule has 0 amide bonds. The highest BCUT2D eigenvalue weighted by Crippen LogP contribution is 2.32. The Morgan fingerprint density at radius 3 is 2.37 bits per heavy atom. The standard InChI is InChI=1S/C26H22F8N6O3/c1-12(38-19-10-37-39-23(42)21(19)26(32,33)34)4-15(27)11-40-3-2-14-6-17(18(28)7-16(14)24(40)43)22-35-8-13(9-36-22)5-20(41)25(29,30)31/h2-3,6-10,12,15,20,41H,4-5,11H2,1H3,(H2,38,39,42)/t12-,15+,20?/m1/s1. The van der Waals surface area contributed by atoms with Gasteiger partial charge in [0.2, 0.25) is 0 Å². The second kappa shape index (κ2) is 12.1. The predicted molar refractivity (Wildman–Crippen MR) is 137 cm³/mol. The minimum Gasteiger partial charge on any atom is -0.383 e. The van der Waals surface area contributed by atoms with E-state index in [9.17, 15) is 49.8 Å². The van der Waals surface area contributed by atoms with E-state index in [0.717, 1.165) is 29.2 Å². The van der Waals surface area contributed by atoms with Crippen LogP contribution in [0.3, 0.4) is 0 Å². The molecule has 4 aromatic rings. The largest absolute Gasteiger partial charge is 0.423 e. The van der Waals surface area contributed by atoms with Gasteiger partial charge in [-0.1, -0.05) is 0 Å². The fourth-order valence-electron chi connectivity index (χ4n) is 4.34. The van der Waals surface area contributed by atoms with Crippen molar-refractivity contribution in [3.05, 3.63) is 80.6 Å². The highest BCUT2D eigenvalue weighted by molar-refractivity contribution is 5.86. The maximum atomic E-state index is 15.0. The predicted octanol–water partition coefficient (Wildman–Crippen LogP) is 4.39. The summed E-state index contributed by atoms with van der Waals surface area (Å²) in [5.74, 6) is -1.13. The van der Waals surface area contributed by atoms with Gasteiger partial charge in [-0.25, -0.2) is 23.8 Å². The highest BCUT2D eigenvalue weighted by atomic mass is 19.4. The van der Waals surface area contributed by atoms with E-state index in [0.29, 0.717) is 0 Å². The second-order valence-corrected chi connectivity index (χ2v) is 9.73. The number of fused-ring (bicyclic) bond motifs is 1. The Labute approximate surface area is 236 Å². The average Bonchev–Trinajstić information content (AvgIpc) is 2.89. The molecule has 0 saturated heterocycles. The molecular formula is C26H22F8N6O3. The third kappa shape index (κ3) is 7.33. The van der Waals surface area contributed by atoms with Gasteiger partial charge in [0.15, 0.2) is 11.9 Å². The fraction of sp³-hybridized carbons (Fsp3) is 0.346. The summed E-state index contributed by atoms with van der Waals surface area (Å²) in [6.45, 7) is 0.860. The number of aliphatic hydroxyl groups is 1. The Morgan fingerprint density at radius 1 is 1.07 bits per heavy atom. The second-order valence-electron chi connectivity index (χ2n) is 9.73. The number of rotatable bonds is 9. The number of H-pyrrole nitrogens is 1. The van der Waals surface area contributed by atoms with Crippen molar-refractivity contribution in [2.24, 2.45) is 0 Å². The Balaban J connectivity index is 1.48. The van der Waals surface area contributed by atoms with Crippen molar-refractivity contribution in [3.63, 3.8) is 0 Å². The Bertz CT molecular complexity index is 1720. The lowest BCUT2D eigenvalue weighted by atomic mass is 10.1. The summed E-state index contributed by atoms with van der Waals surface area (Å²) in [4.78, 5) is 32.3. The van der Waals surface area contributed by atoms with Gasteiger partial charge in [0, 0.05) is 37.5 Å². The number of pyridine rings is 1. The van der Waals surface area contributed by atoms with E-state index in [1.807, 2.05) is 0 Å². The van der Waals surface area contributed by atoms with Crippen molar-refractivity contribution < 1.29 is 40.2 Å². The molecule has 1 unspecified atom stereocenters. The van der Waals surface area contributed by atoms with Crippen LogP contribution in [0.1, 0.15) is 24.5 Å². The summed E-state index contributed by atoms with van der Waals surface area (Å²) in [6.07, 6.45) is -11.4. The van der Waals surface area contributed by atoms with Crippen LogP contribution in [0.5, 0.6) is 0 Å². The van der Waals surface area contributed by atoms with Crippen molar-refractivity contribution in [2.75, 3.05) is 5.32 Å². The summed E-state index contributed by atoms with van der Waals surface area (Å²) in [6, 6.07) is 2.59. The van der Waals surface area contributed by atoms with Crippen LogP contribution in [0.4, 0.5) is 40.8 Å². The van der Waals surface area contributed by atoms with E-state index in [2.05, 4.69) is 20.4 Å². The molecular weight excluding hydrogens is 596 g/mol. The fourth-order valence-corrected chi connectivity index (χ4v) is 4.34. The molecule has 0 aliphatic rings. The molecule has 0 fully saturated rings. The molecule has 1 aromatic carbocycles. The van der Waals surface area contributed by atoms with Crippen LogP contribution in [-0.4, -0.2) is 54.3 Å². The number of hydrogen-bond donors (Lipinski definition) is 3. The first-order valence-electron chi connectivity index (χ1n) is 12.5. The van der Waals surface area contributed by atoms with Crippen molar-refractivity contribution >= 4 is 16.5 Å². The molecule has 0 bridgehead atoms.